The van der Waals surface area contributed by atoms with Gasteiger partial charge >= 0.3 is 5.97 Å². The average molecular weight is 367 g/mol. The van der Waals surface area contributed by atoms with Crippen LogP contribution in [0, 0.1) is 0 Å². The predicted molar refractivity (Wildman–Crippen MR) is 96.0 cm³/mol. The number of ketones is 1. The van der Waals surface area contributed by atoms with Gasteiger partial charge < -0.3 is 20.1 Å². The van der Waals surface area contributed by atoms with E-state index in [2.05, 4.69) is 15.3 Å². The summed E-state index contributed by atoms with van der Waals surface area (Å²) in [6.07, 6.45) is 4.87. The Morgan fingerprint density at radius 3 is 3.04 bits per heavy atom. The van der Waals surface area contributed by atoms with Crippen LogP contribution in [0.3, 0.4) is 0 Å². The second kappa shape index (κ2) is 6.49. The van der Waals surface area contributed by atoms with Crippen molar-refractivity contribution < 1.29 is 19.4 Å². The lowest BCUT2D eigenvalue weighted by Gasteiger charge is -2.06. The second-order valence-corrected chi connectivity index (χ2v) is 6.56. The van der Waals surface area contributed by atoms with Crippen molar-refractivity contribution in [3.8, 4) is 0 Å². The molecule has 0 bridgehead atoms. The molecule has 0 fully saturated rings. The third-order valence-corrected chi connectivity index (χ3v) is 4.75. The molecule has 3 N–H and O–H groups in total. The number of carbonyl (C=O) groups excluding carboxylic acids is 1. The highest BCUT2D eigenvalue weighted by Crippen LogP contribution is 2.28. The standard InChI is InChI=1S/C18H13N3O4S/c22-15-13(7-10-8-20-16-12(10)4-1-5-19-16)25-17(14(15)18(23)24)21-9-11-3-2-6-26-11/h1-8,21H,9H2,(H,19,20)(H,23,24)/b13-7-. The molecule has 0 aliphatic carbocycles. The molecule has 4 heterocycles. The molecule has 0 amide bonds. The summed E-state index contributed by atoms with van der Waals surface area (Å²) in [6, 6.07) is 7.44. The lowest BCUT2D eigenvalue weighted by molar-refractivity contribution is -0.134. The normalized spacial score (nSPS) is 15.7. The molecule has 8 heteroatoms. The number of hydrogen-bond acceptors (Lipinski definition) is 6. The first-order chi connectivity index (χ1) is 12.6. The topological polar surface area (TPSA) is 104 Å². The number of ether oxygens (including phenoxy) is 1. The number of allylic oxidation sites excluding steroid dienone is 1. The van der Waals surface area contributed by atoms with Gasteiger partial charge in [0, 0.05) is 28.2 Å². The largest absolute Gasteiger partial charge is 0.477 e. The molecule has 0 saturated heterocycles. The van der Waals surface area contributed by atoms with Crippen LogP contribution in [0.1, 0.15) is 10.4 Å². The van der Waals surface area contributed by atoms with E-state index in [0.717, 1.165) is 10.3 Å². The number of aromatic nitrogens is 2. The summed E-state index contributed by atoms with van der Waals surface area (Å²) in [7, 11) is 0. The van der Waals surface area contributed by atoms with Gasteiger partial charge in [0.2, 0.25) is 11.7 Å². The number of nitrogens with zero attached hydrogens (tertiary/aromatic N) is 1. The van der Waals surface area contributed by atoms with Crippen molar-refractivity contribution in [3.05, 3.63) is 69.7 Å². The number of H-pyrrole nitrogens is 1. The van der Waals surface area contributed by atoms with Gasteiger partial charge in [-0.05, 0) is 29.7 Å². The van der Waals surface area contributed by atoms with Gasteiger partial charge in [0.1, 0.15) is 5.65 Å². The molecule has 1 aliphatic heterocycles. The van der Waals surface area contributed by atoms with Crippen LogP contribution in [-0.2, 0) is 20.9 Å². The summed E-state index contributed by atoms with van der Waals surface area (Å²) >= 11 is 1.52. The zero-order valence-corrected chi connectivity index (χ0v) is 14.2. The van der Waals surface area contributed by atoms with Crippen LogP contribution in [0.15, 0.2) is 59.3 Å². The van der Waals surface area contributed by atoms with Gasteiger partial charge in [-0.1, -0.05) is 6.07 Å². The van der Waals surface area contributed by atoms with Crippen molar-refractivity contribution in [2.24, 2.45) is 0 Å². The number of hydrogen-bond donors (Lipinski definition) is 3. The molecular formula is C18H13N3O4S. The van der Waals surface area contributed by atoms with Gasteiger partial charge in [0.25, 0.3) is 0 Å². The first-order valence-corrected chi connectivity index (χ1v) is 8.61. The Balaban J connectivity index is 1.63. The van der Waals surface area contributed by atoms with Gasteiger partial charge in [-0.2, -0.15) is 0 Å². The first kappa shape index (κ1) is 16.1. The fourth-order valence-corrected chi connectivity index (χ4v) is 3.31. The van der Waals surface area contributed by atoms with Crippen LogP contribution in [0.5, 0.6) is 0 Å². The van der Waals surface area contributed by atoms with E-state index in [9.17, 15) is 14.7 Å². The summed E-state index contributed by atoms with van der Waals surface area (Å²) in [5.41, 5.74) is 0.971. The van der Waals surface area contributed by atoms with Crippen molar-refractivity contribution >= 4 is 40.2 Å². The summed E-state index contributed by atoms with van der Waals surface area (Å²) in [5, 5.41) is 15.0. The van der Waals surface area contributed by atoms with Crippen LogP contribution < -0.4 is 5.32 Å². The molecule has 4 rings (SSSR count). The molecule has 0 unspecified atom stereocenters. The number of rotatable bonds is 5. The Morgan fingerprint density at radius 1 is 1.38 bits per heavy atom. The molecule has 130 valence electrons. The number of carboxylic acid groups (broad SMARTS) is 1. The minimum atomic E-state index is -1.33. The number of aliphatic carboxylic acids is 1. The van der Waals surface area contributed by atoms with Gasteiger partial charge in [0.05, 0.1) is 6.54 Å². The van der Waals surface area contributed by atoms with Gasteiger partial charge in [0.15, 0.2) is 11.3 Å². The van der Waals surface area contributed by atoms with Crippen molar-refractivity contribution in [3.63, 3.8) is 0 Å². The van der Waals surface area contributed by atoms with E-state index in [4.69, 9.17) is 4.74 Å². The first-order valence-electron chi connectivity index (χ1n) is 7.73. The lowest BCUT2D eigenvalue weighted by atomic mass is 10.1. The molecule has 1 aliphatic rings. The Kier molecular flexibility index (Phi) is 4.02. The Morgan fingerprint density at radius 2 is 2.27 bits per heavy atom. The van der Waals surface area contributed by atoms with E-state index in [1.807, 2.05) is 23.6 Å². The minimum absolute atomic E-state index is 0.0409. The van der Waals surface area contributed by atoms with Gasteiger partial charge in [-0.25, -0.2) is 9.78 Å². The van der Waals surface area contributed by atoms with Crippen LogP contribution in [0.2, 0.25) is 0 Å². The summed E-state index contributed by atoms with van der Waals surface area (Å²) in [6.45, 7) is 0.376. The SMILES string of the molecule is O=C(O)C1=C(NCc2cccs2)O/C(=C\c2c[nH]c3ncccc23)C1=O. The number of aromatic amines is 1. The molecule has 0 atom stereocenters. The molecule has 0 spiro atoms. The number of Topliss-reactive ketones (excluding diaryl/α,β-unsaturated/α-hetero) is 1. The number of carboxylic acids is 1. The highest BCUT2D eigenvalue weighted by atomic mass is 32.1. The maximum atomic E-state index is 12.5. The van der Waals surface area contributed by atoms with Crippen molar-refractivity contribution in [2.45, 2.75) is 6.54 Å². The Hall–Kier alpha value is -3.39. The zero-order chi connectivity index (χ0) is 18.1. The monoisotopic (exact) mass is 367 g/mol. The van der Waals surface area contributed by atoms with E-state index in [-0.39, 0.29) is 11.6 Å². The number of carbonyl (C=O) groups is 2. The van der Waals surface area contributed by atoms with Crippen LogP contribution >= 0.6 is 11.3 Å². The molecule has 0 saturated carbocycles. The molecule has 3 aromatic rings. The van der Waals surface area contributed by atoms with E-state index in [1.54, 1.807) is 18.5 Å². The number of nitrogens with one attached hydrogen (secondary N) is 2. The number of thiophene rings is 1. The van der Waals surface area contributed by atoms with Crippen LogP contribution in [0.4, 0.5) is 0 Å². The maximum Gasteiger partial charge on any atom is 0.345 e. The number of fused-ring (bicyclic) bond motifs is 1. The summed E-state index contributed by atoms with van der Waals surface area (Å²) < 4.78 is 5.54. The van der Waals surface area contributed by atoms with Crippen LogP contribution in [0.25, 0.3) is 17.1 Å². The van der Waals surface area contributed by atoms with E-state index >= 15 is 0 Å². The molecule has 0 radical (unpaired) electrons. The van der Waals surface area contributed by atoms with Crippen LogP contribution in [-0.4, -0.2) is 26.8 Å². The van der Waals surface area contributed by atoms with Gasteiger partial charge in [-0.15, -0.1) is 11.3 Å². The van der Waals surface area contributed by atoms with Crippen molar-refractivity contribution in [1.82, 2.24) is 15.3 Å². The highest BCUT2D eigenvalue weighted by molar-refractivity contribution is 7.09. The third kappa shape index (κ3) is 2.86. The third-order valence-electron chi connectivity index (χ3n) is 3.88. The van der Waals surface area contributed by atoms with Crippen molar-refractivity contribution in [2.75, 3.05) is 0 Å². The van der Waals surface area contributed by atoms with E-state index in [1.165, 1.54) is 17.4 Å². The fourth-order valence-electron chi connectivity index (χ4n) is 2.67. The highest BCUT2D eigenvalue weighted by Gasteiger charge is 2.35. The summed E-state index contributed by atoms with van der Waals surface area (Å²) in [5.74, 6) is -2.07. The molecule has 7 nitrogen and oxygen atoms in total. The smallest absolute Gasteiger partial charge is 0.345 e. The quantitative estimate of drug-likeness (QED) is 0.473. The number of pyridine rings is 1. The maximum absolute atomic E-state index is 12.5. The van der Waals surface area contributed by atoms with Crippen molar-refractivity contribution in [1.29, 1.82) is 0 Å². The molecular weight excluding hydrogens is 354 g/mol. The minimum Gasteiger partial charge on any atom is -0.477 e. The lowest BCUT2D eigenvalue weighted by Crippen LogP contribution is -2.17. The molecule has 26 heavy (non-hydrogen) atoms. The Labute approximate surface area is 151 Å². The second-order valence-electron chi connectivity index (χ2n) is 5.53. The molecule has 0 aromatic carbocycles. The predicted octanol–water partition coefficient (Wildman–Crippen LogP) is 2.65. The van der Waals surface area contributed by atoms with E-state index < -0.39 is 17.3 Å². The van der Waals surface area contributed by atoms with Gasteiger partial charge in [-0.3, -0.25) is 4.79 Å². The average Bonchev–Trinajstić information content (AvgIpc) is 3.34. The van der Waals surface area contributed by atoms with E-state index in [0.29, 0.717) is 17.8 Å². The zero-order valence-electron chi connectivity index (χ0n) is 13.4. The Bertz CT molecular complexity index is 1060. The molecule has 3 aromatic heterocycles. The summed E-state index contributed by atoms with van der Waals surface area (Å²) in [4.78, 5) is 32.2. The fraction of sp³-hybridized carbons (Fsp3) is 0.0556.